The Bertz CT molecular complexity index is 723. The van der Waals surface area contributed by atoms with Crippen LogP contribution in [0.15, 0.2) is 29.3 Å². The van der Waals surface area contributed by atoms with E-state index in [0.29, 0.717) is 24.0 Å². The lowest BCUT2D eigenvalue weighted by Gasteiger charge is -2.14. The number of nitrogen functional groups attached to an aromatic ring is 1. The monoisotopic (exact) mass is 281 g/mol. The minimum atomic E-state index is -3.59. The van der Waals surface area contributed by atoms with Gasteiger partial charge in [0.2, 0.25) is 10.0 Å². The zero-order valence-corrected chi connectivity index (χ0v) is 11.0. The van der Waals surface area contributed by atoms with Crippen LogP contribution in [-0.4, -0.2) is 42.0 Å². The number of sulfonamides is 1. The van der Waals surface area contributed by atoms with Crippen LogP contribution in [0.4, 0.5) is 5.69 Å². The van der Waals surface area contributed by atoms with Gasteiger partial charge in [-0.05, 0) is 24.6 Å². The number of aliphatic hydroxyl groups is 1. The molecule has 2 aromatic rings. The molecule has 1 aromatic heterocycles. The average molecular weight is 281 g/mol. The molecule has 0 unspecified atom stereocenters. The van der Waals surface area contributed by atoms with E-state index in [-0.39, 0.29) is 11.4 Å². The van der Waals surface area contributed by atoms with Crippen molar-refractivity contribution >= 4 is 26.6 Å². The van der Waals surface area contributed by atoms with Crippen molar-refractivity contribution in [1.29, 1.82) is 0 Å². The van der Waals surface area contributed by atoms with Gasteiger partial charge in [-0.3, -0.25) is 0 Å². The topological polar surface area (TPSA) is 99.4 Å². The lowest BCUT2D eigenvalue weighted by molar-refractivity contribution is 0.189. The first-order valence-electron chi connectivity index (χ1n) is 6.03. The lowest BCUT2D eigenvalue weighted by atomic mass is 10.2. The second kappa shape index (κ2) is 4.22. The number of anilines is 1. The highest BCUT2D eigenvalue weighted by Crippen LogP contribution is 2.29. The van der Waals surface area contributed by atoms with E-state index < -0.39 is 16.1 Å². The molecule has 0 saturated carbocycles. The van der Waals surface area contributed by atoms with Crippen LogP contribution in [0.5, 0.6) is 0 Å². The number of aromatic amines is 1. The van der Waals surface area contributed by atoms with Crippen LogP contribution in [0, 0.1) is 0 Å². The van der Waals surface area contributed by atoms with Crippen LogP contribution < -0.4 is 5.73 Å². The van der Waals surface area contributed by atoms with Gasteiger partial charge >= 0.3 is 0 Å². The van der Waals surface area contributed by atoms with E-state index in [1.807, 2.05) is 0 Å². The Balaban J connectivity index is 2.11. The molecule has 1 aromatic carbocycles. The number of aromatic nitrogens is 1. The summed E-state index contributed by atoms with van der Waals surface area (Å²) >= 11 is 0. The number of nitrogens with two attached hydrogens (primary N) is 1. The highest BCUT2D eigenvalue weighted by Gasteiger charge is 2.33. The fourth-order valence-electron chi connectivity index (χ4n) is 2.39. The summed E-state index contributed by atoms with van der Waals surface area (Å²) in [6.07, 6.45) is 1.37. The summed E-state index contributed by atoms with van der Waals surface area (Å²) in [7, 11) is -3.59. The van der Waals surface area contributed by atoms with Gasteiger partial charge in [-0.2, -0.15) is 4.31 Å². The molecule has 6 nitrogen and oxygen atoms in total. The number of hydrogen-bond donors (Lipinski definition) is 3. The van der Waals surface area contributed by atoms with Gasteiger partial charge in [-0.1, -0.05) is 0 Å². The molecule has 1 saturated heterocycles. The minimum Gasteiger partial charge on any atom is -0.399 e. The summed E-state index contributed by atoms with van der Waals surface area (Å²) in [5, 5.41) is 10.1. The normalized spacial score (nSPS) is 21.2. The van der Waals surface area contributed by atoms with Crippen LogP contribution in [-0.2, 0) is 10.0 Å². The lowest BCUT2D eigenvalue weighted by Crippen LogP contribution is -2.29. The molecule has 0 spiro atoms. The van der Waals surface area contributed by atoms with Crippen molar-refractivity contribution in [2.45, 2.75) is 17.4 Å². The van der Waals surface area contributed by atoms with Crippen LogP contribution in [0.3, 0.4) is 0 Å². The van der Waals surface area contributed by atoms with Gasteiger partial charge in [0.15, 0.2) is 0 Å². The number of nitrogens with one attached hydrogen (secondary N) is 1. The van der Waals surface area contributed by atoms with Crippen molar-refractivity contribution in [3.05, 3.63) is 24.4 Å². The van der Waals surface area contributed by atoms with Gasteiger partial charge in [0.1, 0.15) is 4.90 Å². The third-order valence-corrected chi connectivity index (χ3v) is 5.32. The summed E-state index contributed by atoms with van der Waals surface area (Å²) in [5.74, 6) is 0. The maximum absolute atomic E-state index is 12.5. The Morgan fingerprint density at radius 3 is 2.89 bits per heavy atom. The number of benzene rings is 1. The average Bonchev–Trinajstić information content (AvgIpc) is 2.95. The number of H-pyrrole nitrogens is 1. The van der Waals surface area contributed by atoms with Crippen molar-refractivity contribution in [3.63, 3.8) is 0 Å². The number of aliphatic hydroxyl groups excluding tert-OH is 1. The molecule has 4 N–H and O–H groups in total. The van der Waals surface area contributed by atoms with Gasteiger partial charge in [-0.15, -0.1) is 0 Å². The summed E-state index contributed by atoms with van der Waals surface area (Å²) < 4.78 is 26.3. The second-order valence-electron chi connectivity index (χ2n) is 4.76. The molecular formula is C12H15N3O3S. The fraction of sp³-hybridized carbons (Fsp3) is 0.333. The zero-order chi connectivity index (χ0) is 13.6. The second-order valence-corrected chi connectivity index (χ2v) is 6.67. The van der Waals surface area contributed by atoms with Gasteiger partial charge in [0, 0.05) is 35.9 Å². The molecule has 1 aliphatic rings. The van der Waals surface area contributed by atoms with Crippen molar-refractivity contribution < 1.29 is 13.5 Å². The van der Waals surface area contributed by atoms with Crippen molar-refractivity contribution in [2.75, 3.05) is 18.8 Å². The predicted octanol–water partition coefficient (Wildman–Crippen LogP) is 0.505. The Morgan fingerprint density at radius 1 is 1.42 bits per heavy atom. The first-order chi connectivity index (χ1) is 8.98. The first kappa shape index (κ1) is 12.5. The predicted molar refractivity (Wildman–Crippen MR) is 72.1 cm³/mol. The van der Waals surface area contributed by atoms with E-state index in [4.69, 9.17) is 5.73 Å². The molecule has 7 heteroatoms. The standard InChI is InChI=1S/C12H15N3O3S/c13-8-1-2-11-10(5-8)12(6-14-11)19(17,18)15-4-3-9(16)7-15/h1-2,5-6,9,14,16H,3-4,7,13H2/t9-/m1/s1. The highest BCUT2D eigenvalue weighted by molar-refractivity contribution is 7.89. The van der Waals surface area contributed by atoms with Crippen LogP contribution >= 0.6 is 0 Å². The van der Waals surface area contributed by atoms with Crippen LogP contribution in [0.1, 0.15) is 6.42 Å². The molecule has 0 bridgehead atoms. The number of hydrogen-bond acceptors (Lipinski definition) is 4. The molecule has 1 atom stereocenters. The maximum Gasteiger partial charge on any atom is 0.245 e. The molecule has 0 amide bonds. The van der Waals surface area contributed by atoms with E-state index in [9.17, 15) is 13.5 Å². The summed E-state index contributed by atoms with van der Waals surface area (Å²) in [4.78, 5) is 3.14. The summed E-state index contributed by atoms with van der Waals surface area (Å²) in [5.41, 5.74) is 6.96. The quantitative estimate of drug-likeness (QED) is 0.698. The Morgan fingerprint density at radius 2 is 2.21 bits per heavy atom. The van der Waals surface area contributed by atoms with Gasteiger partial charge in [0.25, 0.3) is 0 Å². The van der Waals surface area contributed by atoms with Gasteiger partial charge in [-0.25, -0.2) is 8.42 Å². The number of rotatable bonds is 2. The molecule has 102 valence electrons. The number of nitrogens with zero attached hydrogens (tertiary/aromatic N) is 1. The highest BCUT2D eigenvalue weighted by atomic mass is 32.2. The molecule has 2 heterocycles. The smallest absolute Gasteiger partial charge is 0.245 e. The number of fused-ring (bicyclic) bond motifs is 1. The Hall–Kier alpha value is -1.57. The third kappa shape index (κ3) is 1.99. The van der Waals surface area contributed by atoms with E-state index in [1.54, 1.807) is 18.2 Å². The van der Waals surface area contributed by atoms with E-state index >= 15 is 0 Å². The molecule has 1 aliphatic heterocycles. The molecule has 0 radical (unpaired) electrons. The third-order valence-electron chi connectivity index (χ3n) is 3.41. The van der Waals surface area contributed by atoms with Gasteiger partial charge < -0.3 is 15.8 Å². The Kier molecular flexibility index (Phi) is 2.77. The SMILES string of the molecule is Nc1ccc2[nH]cc(S(=O)(=O)N3CC[C@@H](O)C3)c2c1. The van der Waals surface area contributed by atoms with Crippen LogP contribution in [0.25, 0.3) is 10.9 Å². The van der Waals surface area contributed by atoms with Crippen LogP contribution in [0.2, 0.25) is 0 Å². The Labute approximate surface area is 110 Å². The van der Waals surface area contributed by atoms with E-state index in [1.165, 1.54) is 10.5 Å². The van der Waals surface area contributed by atoms with E-state index in [2.05, 4.69) is 4.98 Å². The van der Waals surface area contributed by atoms with E-state index in [0.717, 1.165) is 5.52 Å². The minimum absolute atomic E-state index is 0.150. The number of β-amino-alcohol motifs (C(OH)–C–C–N with tert-alkyl or cyclic N) is 1. The van der Waals surface area contributed by atoms with Crippen molar-refractivity contribution in [3.8, 4) is 0 Å². The zero-order valence-electron chi connectivity index (χ0n) is 10.2. The molecule has 19 heavy (non-hydrogen) atoms. The van der Waals surface area contributed by atoms with Crippen molar-refractivity contribution in [2.24, 2.45) is 0 Å². The first-order valence-corrected chi connectivity index (χ1v) is 7.47. The molecule has 1 fully saturated rings. The molecular weight excluding hydrogens is 266 g/mol. The molecule has 0 aliphatic carbocycles. The summed E-state index contributed by atoms with van der Waals surface area (Å²) in [6.45, 7) is 0.496. The summed E-state index contributed by atoms with van der Waals surface area (Å²) in [6, 6.07) is 5.11. The van der Waals surface area contributed by atoms with Crippen molar-refractivity contribution in [1.82, 2.24) is 9.29 Å². The van der Waals surface area contributed by atoms with Gasteiger partial charge in [0.05, 0.1) is 6.10 Å². The fourth-order valence-corrected chi connectivity index (χ4v) is 4.04. The molecule has 3 rings (SSSR count). The largest absolute Gasteiger partial charge is 0.399 e. The maximum atomic E-state index is 12.5.